The second-order valence-electron chi connectivity index (χ2n) is 3.81. The standard InChI is InChI=1S/C9H9F3N2O/c1-14-7(8(5-15)2-3-8)4-6(13-14)9(10,11)12/h4-5H,2-3H2,1H3. The Balaban J connectivity index is 2.43. The van der Waals surface area contributed by atoms with Crippen LogP contribution in [0.25, 0.3) is 0 Å². The third-order valence-electron chi connectivity index (χ3n) is 2.69. The highest BCUT2D eigenvalue weighted by Crippen LogP contribution is 2.47. The molecule has 0 aromatic carbocycles. The second-order valence-corrected chi connectivity index (χ2v) is 3.81. The number of aryl methyl sites for hydroxylation is 1. The molecule has 0 spiro atoms. The highest BCUT2D eigenvalue weighted by Gasteiger charge is 2.48. The van der Waals surface area contributed by atoms with Crippen LogP contribution in [0.5, 0.6) is 0 Å². The largest absolute Gasteiger partial charge is 0.435 e. The monoisotopic (exact) mass is 218 g/mol. The highest BCUT2D eigenvalue weighted by molar-refractivity contribution is 5.72. The fourth-order valence-corrected chi connectivity index (χ4v) is 1.64. The molecule has 0 radical (unpaired) electrons. The Kier molecular flexibility index (Phi) is 1.93. The minimum absolute atomic E-state index is 0.352. The van der Waals surface area contributed by atoms with Gasteiger partial charge in [-0.25, -0.2) is 0 Å². The van der Waals surface area contributed by atoms with Crippen molar-refractivity contribution in [2.45, 2.75) is 24.4 Å². The van der Waals surface area contributed by atoms with E-state index in [1.54, 1.807) is 0 Å². The molecule has 15 heavy (non-hydrogen) atoms. The molecular formula is C9H9F3N2O. The summed E-state index contributed by atoms with van der Waals surface area (Å²) < 4.78 is 38.1. The number of aromatic nitrogens is 2. The van der Waals surface area contributed by atoms with Gasteiger partial charge in [-0.1, -0.05) is 0 Å². The lowest BCUT2D eigenvalue weighted by Crippen LogP contribution is -2.13. The van der Waals surface area contributed by atoms with Crippen LogP contribution in [-0.4, -0.2) is 16.1 Å². The average Bonchev–Trinajstić information content (AvgIpc) is 2.82. The topological polar surface area (TPSA) is 34.9 Å². The van der Waals surface area contributed by atoms with Gasteiger partial charge < -0.3 is 4.79 Å². The van der Waals surface area contributed by atoms with Gasteiger partial charge in [0.1, 0.15) is 6.29 Å². The molecule has 1 fully saturated rings. The zero-order valence-corrected chi connectivity index (χ0v) is 8.01. The van der Waals surface area contributed by atoms with Crippen LogP contribution in [0.15, 0.2) is 6.07 Å². The summed E-state index contributed by atoms with van der Waals surface area (Å²) in [6, 6.07) is 0.960. The summed E-state index contributed by atoms with van der Waals surface area (Å²) in [4.78, 5) is 10.8. The molecule has 1 heterocycles. The van der Waals surface area contributed by atoms with Crippen molar-refractivity contribution >= 4 is 6.29 Å². The third kappa shape index (κ3) is 1.53. The molecule has 0 amide bonds. The molecule has 2 rings (SSSR count). The van der Waals surface area contributed by atoms with Gasteiger partial charge in [-0.05, 0) is 18.9 Å². The molecule has 3 nitrogen and oxygen atoms in total. The number of aldehydes is 1. The molecule has 1 saturated carbocycles. The van der Waals surface area contributed by atoms with Gasteiger partial charge in [0, 0.05) is 7.05 Å². The Labute approximate surface area is 83.9 Å². The summed E-state index contributed by atoms with van der Waals surface area (Å²) >= 11 is 0. The summed E-state index contributed by atoms with van der Waals surface area (Å²) in [5.41, 5.74) is -1.30. The highest BCUT2D eigenvalue weighted by atomic mass is 19.4. The number of halogens is 3. The maximum Gasteiger partial charge on any atom is 0.435 e. The van der Waals surface area contributed by atoms with Crippen LogP contribution < -0.4 is 0 Å². The van der Waals surface area contributed by atoms with Crippen LogP contribution in [0.4, 0.5) is 13.2 Å². The number of hydrogen-bond donors (Lipinski definition) is 0. The first-order chi connectivity index (χ1) is 6.89. The number of rotatable bonds is 2. The second kappa shape index (κ2) is 2.84. The summed E-state index contributed by atoms with van der Waals surface area (Å²) in [5.74, 6) is 0. The predicted molar refractivity (Wildman–Crippen MR) is 45.2 cm³/mol. The van der Waals surface area contributed by atoms with E-state index in [0.29, 0.717) is 24.8 Å². The molecule has 0 atom stereocenters. The SMILES string of the molecule is Cn1nc(C(F)(F)F)cc1C1(C=O)CC1. The number of carbonyl (C=O) groups is 1. The maximum absolute atomic E-state index is 12.3. The van der Waals surface area contributed by atoms with Crippen molar-refractivity contribution in [1.29, 1.82) is 0 Å². The first-order valence-corrected chi connectivity index (χ1v) is 4.47. The van der Waals surface area contributed by atoms with Crippen LogP contribution in [0.1, 0.15) is 24.2 Å². The van der Waals surface area contributed by atoms with E-state index >= 15 is 0 Å². The van der Waals surface area contributed by atoms with Gasteiger partial charge in [-0.2, -0.15) is 18.3 Å². The number of nitrogens with zero attached hydrogens (tertiary/aromatic N) is 2. The van der Waals surface area contributed by atoms with Crippen LogP contribution in [0, 0.1) is 0 Å². The molecule has 0 saturated heterocycles. The minimum atomic E-state index is -4.45. The van der Waals surface area contributed by atoms with Crippen molar-refractivity contribution in [2.24, 2.45) is 7.05 Å². The van der Waals surface area contributed by atoms with E-state index in [4.69, 9.17) is 0 Å². The maximum atomic E-state index is 12.3. The summed E-state index contributed by atoms with van der Waals surface area (Å²) in [5, 5.41) is 3.37. The van der Waals surface area contributed by atoms with Crippen molar-refractivity contribution in [2.75, 3.05) is 0 Å². The summed E-state index contributed by atoms with van der Waals surface area (Å²) in [6.45, 7) is 0. The molecule has 82 valence electrons. The smallest absolute Gasteiger partial charge is 0.302 e. The Hall–Kier alpha value is -1.33. The van der Waals surface area contributed by atoms with E-state index in [1.807, 2.05) is 0 Å². The Morgan fingerprint density at radius 3 is 2.47 bits per heavy atom. The van der Waals surface area contributed by atoms with Gasteiger partial charge in [0.15, 0.2) is 5.69 Å². The van der Waals surface area contributed by atoms with E-state index in [9.17, 15) is 18.0 Å². The van der Waals surface area contributed by atoms with Gasteiger partial charge in [0.05, 0.1) is 11.1 Å². The number of alkyl halides is 3. The van der Waals surface area contributed by atoms with Crippen molar-refractivity contribution < 1.29 is 18.0 Å². The van der Waals surface area contributed by atoms with E-state index in [-0.39, 0.29) is 0 Å². The zero-order chi connectivity index (χ0) is 11.3. The van der Waals surface area contributed by atoms with Crippen molar-refractivity contribution in [3.05, 3.63) is 17.5 Å². The Bertz CT molecular complexity index is 404. The Morgan fingerprint density at radius 1 is 1.53 bits per heavy atom. The van der Waals surface area contributed by atoms with Crippen LogP contribution in [0.2, 0.25) is 0 Å². The third-order valence-corrected chi connectivity index (χ3v) is 2.69. The summed E-state index contributed by atoms with van der Waals surface area (Å²) in [6.07, 6.45) is -2.53. The normalized spacial score (nSPS) is 18.9. The predicted octanol–water partition coefficient (Wildman–Crippen LogP) is 1.67. The molecule has 1 aromatic heterocycles. The van der Waals surface area contributed by atoms with Gasteiger partial charge in [-0.3, -0.25) is 4.68 Å². The Morgan fingerprint density at radius 2 is 2.13 bits per heavy atom. The van der Waals surface area contributed by atoms with Crippen LogP contribution >= 0.6 is 0 Å². The molecule has 1 aromatic rings. The zero-order valence-electron chi connectivity index (χ0n) is 8.01. The van der Waals surface area contributed by atoms with E-state index in [1.165, 1.54) is 7.05 Å². The van der Waals surface area contributed by atoms with E-state index in [2.05, 4.69) is 5.10 Å². The van der Waals surface area contributed by atoms with Gasteiger partial charge in [0.25, 0.3) is 0 Å². The van der Waals surface area contributed by atoms with Gasteiger partial charge >= 0.3 is 6.18 Å². The molecule has 0 unspecified atom stereocenters. The number of carbonyl (C=O) groups excluding carboxylic acids is 1. The van der Waals surface area contributed by atoms with Crippen molar-refractivity contribution in [3.8, 4) is 0 Å². The summed E-state index contributed by atoms with van der Waals surface area (Å²) in [7, 11) is 1.42. The molecule has 0 aliphatic heterocycles. The van der Waals surface area contributed by atoms with Crippen LogP contribution in [-0.2, 0) is 23.4 Å². The van der Waals surface area contributed by atoms with Crippen molar-refractivity contribution in [3.63, 3.8) is 0 Å². The fourth-order valence-electron chi connectivity index (χ4n) is 1.64. The lowest BCUT2D eigenvalue weighted by Gasteiger charge is -2.05. The first-order valence-electron chi connectivity index (χ1n) is 4.47. The van der Waals surface area contributed by atoms with E-state index in [0.717, 1.165) is 10.7 Å². The van der Waals surface area contributed by atoms with Gasteiger partial charge in [0.2, 0.25) is 0 Å². The first kappa shape index (κ1) is 10.2. The van der Waals surface area contributed by atoms with Gasteiger partial charge in [-0.15, -0.1) is 0 Å². The van der Waals surface area contributed by atoms with Crippen molar-refractivity contribution in [1.82, 2.24) is 9.78 Å². The molecule has 1 aliphatic rings. The number of hydrogen-bond acceptors (Lipinski definition) is 2. The minimum Gasteiger partial charge on any atom is -0.302 e. The van der Waals surface area contributed by atoms with Crippen LogP contribution in [0.3, 0.4) is 0 Å². The molecular weight excluding hydrogens is 209 g/mol. The molecule has 6 heteroatoms. The lowest BCUT2D eigenvalue weighted by molar-refractivity contribution is -0.141. The average molecular weight is 218 g/mol. The molecule has 0 bridgehead atoms. The molecule has 1 aliphatic carbocycles. The molecule has 0 N–H and O–H groups in total. The van der Waals surface area contributed by atoms with E-state index < -0.39 is 17.3 Å². The fraction of sp³-hybridized carbons (Fsp3) is 0.556. The lowest BCUT2D eigenvalue weighted by atomic mass is 10.0. The quantitative estimate of drug-likeness (QED) is 0.708.